The van der Waals surface area contributed by atoms with Gasteiger partial charge in [0, 0.05) is 39.9 Å². The Balaban J connectivity index is 0.00000312. The van der Waals surface area contributed by atoms with Crippen LogP contribution in [-0.4, -0.2) is 40.8 Å². The Bertz CT molecular complexity index is 665. The van der Waals surface area contributed by atoms with Gasteiger partial charge in [-0.3, -0.25) is 9.67 Å². The SMILES string of the molecule is CCNC(=NCCCc1cnn(C)c1)N(C)Cc1ccccc1C.I. The van der Waals surface area contributed by atoms with Crippen molar-refractivity contribution in [1.82, 2.24) is 20.0 Å². The maximum atomic E-state index is 4.77. The fourth-order valence-electron chi connectivity index (χ4n) is 2.66. The first kappa shape index (κ1) is 21.5. The highest BCUT2D eigenvalue weighted by Gasteiger charge is 2.07. The molecule has 2 rings (SSSR count). The van der Waals surface area contributed by atoms with E-state index in [4.69, 9.17) is 4.99 Å². The second-order valence-electron chi connectivity index (χ2n) is 6.14. The number of rotatable bonds is 7. The van der Waals surface area contributed by atoms with E-state index < -0.39 is 0 Å². The van der Waals surface area contributed by atoms with Crippen molar-refractivity contribution < 1.29 is 0 Å². The lowest BCUT2D eigenvalue weighted by atomic mass is 10.1. The summed E-state index contributed by atoms with van der Waals surface area (Å²) in [5, 5.41) is 7.59. The highest BCUT2D eigenvalue weighted by molar-refractivity contribution is 14.0. The van der Waals surface area contributed by atoms with Crippen LogP contribution in [0, 0.1) is 6.92 Å². The average molecular weight is 455 g/mol. The number of nitrogens with zero attached hydrogens (tertiary/aromatic N) is 4. The number of benzene rings is 1. The summed E-state index contributed by atoms with van der Waals surface area (Å²) in [5.41, 5.74) is 3.92. The van der Waals surface area contributed by atoms with Crippen LogP contribution in [0.1, 0.15) is 30.0 Å². The van der Waals surface area contributed by atoms with Gasteiger partial charge in [-0.15, -0.1) is 24.0 Å². The first-order valence-corrected chi connectivity index (χ1v) is 8.61. The second-order valence-corrected chi connectivity index (χ2v) is 6.14. The molecular weight excluding hydrogens is 425 g/mol. The van der Waals surface area contributed by atoms with Gasteiger partial charge in [0.15, 0.2) is 5.96 Å². The highest BCUT2D eigenvalue weighted by Crippen LogP contribution is 2.09. The maximum Gasteiger partial charge on any atom is 0.193 e. The van der Waals surface area contributed by atoms with E-state index in [9.17, 15) is 0 Å². The highest BCUT2D eigenvalue weighted by atomic mass is 127. The first-order valence-electron chi connectivity index (χ1n) is 8.61. The zero-order valence-electron chi connectivity index (χ0n) is 15.7. The molecule has 0 aliphatic heterocycles. The van der Waals surface area contributed by atoms with Crippen LogP contribution >= 0.6 is 24.0 Å². The zero-order chi connectivity index (χ0) is 17.4. The quantitative estimate of drug-likeness (QED) is 0.302. The minimum atomic E-state index is 0. The third-order valence-corrected chi connectivity index (χ3v) is 4.01. The van der Waals surface area contributed by atoms with E-state index in [1.54, 1.807) is 0 Å². The van der Waals surface area contributed by atoms with Gasteiger partial charge < -0.3 is 10.2 Å². The number of halogens is 1. The fourth-order valence-corrected chi connectivity index (χ4v) is 2.66. The molecule has 0 saturated heterocycles. The van der Waals surface area contributed by atoms with Crippen molar-refractivity contribution in [3.8, 4) is 0 Å². The van der Waals surface area contributed by atoms with Crippen molar-refractivity contribution >= 4 is 29.9 Å². The molecule has 0 amide bonds. The Hall–Kier alpha value is -1.57. The smallest absolute Gasteiger partial charge is 0.193 e. The minimum Gasteiger partial charge on any atom is -0.357 e. The average Bonchev–Trinajstić information content (AvgIpc) is 2.98. The number of hydrogen-bond donors (Lipinski definition) is 1. The molecule has 0 aliphatic rings. The maximum absolute atomic E-state index is 4.77. The van der Waals surface area contributed by atoms with Gasteiger partial charge in [-0.2, -0.15) is 5.10 Å². The van der Waals surface area contributed by atoms with Crippen LogP contribution in [0.5, 0.6) is 0 Å². The monoisotopic (exact) mass is 455 g/mol. The molecule has 0 aliphatic carbocycles. The van der Waals surface area contributed by atoms with Gasteiger partial charge in [0.05, 0.1) is 6.20 Å². The Morgan fingerprint density at radius 1 is 1.32 bits per heavy atom. The summed E-state index contributed by atoms with van der Waals surface area (Å²) in [5.74, 6) is 0.965. The first-order chi connectivity index (χ1) is 11.6. The Labute approximate surface area is 168 Å². The molecular formula is C19H30IN5. The van der Waals surface area contributed by atoms with E-state index in [2.05, 4.69) is 66.7 Å². The van der Waals surface area contributed by atoms with Crippen LogP contribution in [0.25, 0.3) is 0 Å². The van der Waals surface area contributed by atoms with Crippen LogP contribution in [0.2, 0.25) is 0 Å². The number of aryl methyl sites for hydroxylation is 3. The fraction of sp³-hybridized carbons (Fsp3) is 0.474. The van der Waals surface area contributed by atoms with Gasteiger partial charge in [0.1, 0.15) is 0 Å². The third-order valence-electron chi connectivity index (χ3n) is 4.01. The predicted molar refractivity (Wildman–Crippen MR) is 116 cm³/mol. The summed E-state index contributed by atoms with van der Waals surface area (Å²) in [4.78, 5) is 6.96. The van der Waals surface area contributed by atoms with E-state index in [0.29, 0.717) is 0 Å². The topological polar surface area (TPSA) is 45.5 Å². The zero-order valence-corrected chi connectivity index (χ0v) is 18.0. The van der Waals surface area contributed by atoms with Crippen molar-refractivity contribution in [1.29, 1.82) is 0 Å². The summed E-state index contributed by atoms with van der Waals surface area (Å²) in [6, 6.07) is 8.50. The van der Waals surface area contributed by atoms with Crippen molar-refractivity contribution in [2.45, 2.75) is 33.2 Å². The van der Waals surface area contributed by atoms with E-state index >= 15 is 0 Å². The Morgan fingerprint density at radius 3 is 2.72 bits per heavy atom. The van der Waals surface area contributed by atoms with Crippen LogP contribution in [0.3, 0.4) is 0 Å². The van der Waals surface area contributed by atoms with Crippen LogP contribution in [-0.2, 0) is 20.0 Å². The lowest BCUT2D eigenvalue weighted by molar-refractivity contribution is 0.475. The predicted octanol–water partition coefficient (Wildman–Crippen LogP) is 3.38. The molecule has 0 fully saturated rings. The second kappa shape index (κ2) is 11.1. The summed E-state index contributed by atoms with van der Waals surface area (Å²) < 4.78 is 1.85. The van der Waals surface area contributed by atoms with E-state index in [0.717, 1.165) is 38.4 Å². The summed E-state index contributed by atoms with van der Waals surface area (Å²) >= 11 is 0. The van der Waals surface area contributed by atoms with Gasteiger partial charge in [-0.05, 0) is 43.4 Å². The lowest BCUT2D eigenvalue weighted by Gasteiger charge is -2.23. The molecule has 6 heteroatoms. The molecule has 5 nitrogen and oxygen atoms in total. The van der Waals surface area contributed by atoms with Gasteiger partial charge >= 0.3 is 0 Å². The molecule has 0 unspecified atom stereocenters. The van der Waals surface area contributed by atoms with Crippen LogP contribution in [0.15, 0.2) is 41.7 Å². The van der Waals surface area contributed by atoms with Gasteiger partial charge in [0.25, 0.3) is 0 Å². The van der Waals surface area contributed by atoms with Crippen molar-refractivity contribution in [3.05, 3.63) is 53.3 Å². The molecule has 1 heterocycles. The molecule has 25 heavy (non-hydrogen) atoms. The van der Waals surface area contributed by atoms with E-state index in [1.165, 1.54) is 16.7 Å². The number of aliphatic imine (C=N–C) groups is 1. The standard InChI is InChI=1S/C19H29N5.HI/c1-5-20-19(21-12-8-10-17-13-22-24(4)14-17)23(3)15-18-11-7-6-9-16(18)2;/h6-7,9,11,13-14H,5,8,10,12,15H2,1-4H3,(H,20,21);1H. The third kappa shape index (κ3) is 7.05. The molecule has 0 saturated carbocycles. The molecule has 0 radical (unpaired) electrons. The summed E-state index contributed by atoms with van der Waals surface area (Å²) in [6.07, 6.45) is 6.04. The summed E-state index contributed by atoms with van der Waals surface area (Å²) in [6.45, 7) is 6.81. The molecule has 138 valence electrons. The van der Waals surface area contributed by atoms with Gasteiger partial charge in [-0.25, -0.2) is 0 Å². The van der Waals surface area contributed by atoms with Crippen molar-refractivity contribution in [2.24, 2.45) is 12.0 Å². The van der Waals surface area contributed by atoms with E-state index in [-0.39, 0.29) is 24.0 Å². The number of guanidine groups is 1. The Morgan fingerprint density at radius 2 is 2.08 bits per heavy atom. The van der Waals surface area contributed by atoms with Crippen molar-refractivity contribution in [2.75, 3.05) is 20.1 Å². The molecule has 0 atom stereocenters. The number of nitrogens with one attached hydrogen (secondary N) is 1. The molecule has 1 N–H and O–H groups in total. The summed E-state index contributed by atoms with van der Waals surface area (Å²) in [7, 11) is 4.04. The molecule has 1 aromatic carbocycles. The van der Waals surface area contributed by atoms with Crippen LogP contribution < -0.4 is 5.32 Å². The number of aromatic nitrogens is 2. The van der Waals surface area contributed by atoms with E-state index in [1.807, 2.05) is 17.9 Å². The van der Waals surface area contributed by atoms with Crippen molar-refractivity contribution in [3.63, 3.8) is 0 Å². The van der Waals surface area contributed by atoms with Gasteiger partial charge in [0.2, 0.25) is 0 Å². The minimum absolute atomic E-state index is 0. The van der Waals surface area contributed by atoms with Crippen LogP contribution in [0.4, 0.5) is 0 Å². The van der Waals surface area contributed by atoms with Gasteiger partial charge in [-0.1, -0.05) is 24.3 Å². The normalized spacial score (nSPS) is 11.1. The molecule has 0 bridgehead atoms. The molecule has 2 aromatic rings. The molecule has 0 spiro atoms. The lowest BCUT2D eigenvalue weighted by Crippen LogP contribution is -2.38. The molecule has 1 aromatic heterocycles. The Kier molecular flexibility index (Phi) is 9.55. The largest absolute Gasteiger partial charge is 0.357 e. The number of hydrogen-bond acceptors (Lipinski definition) is 2.